The van der Waals surface area contributed by atoms with Crippen molar-refractivity contribution >= 4 is 21.6 Å². The van der Waals surface area contributed by atoms with Crippen LogP contribution < -0.4 is 4.72 Å². The molecule has 0 saturated heterocycles. The van der Waals surface area contributed by atoms with E-state index in [0.29, 0.717) is 0 Å². The fourth-order valence-electron chi connectivity index (χ4n) is 1.92. The van der Waals surface area contributed by atoms with E-state index in [1.807, 2.05) is 0 Å². The SMILES string of the molecule is O=S(=O)(NCC(O)c1ccc(C(F)(F)F)cc1)c1cccc(Cl)c1. The van der Waals surface area contributed by atoms with Crippen molar-refractivity contribution in [1.29, 1.82) is 0 Å². The average Bonchev–Trinajstić information content (AvgIpc) is 2.52. The fraction of sp³-hybridized carbons (Fsp3) is 0.200. The Morgan fingerprint density at radius 3 is 2.29 bits per heavy atom. The van der Waals surface area contributed by atoms with Gasteiger partial charge >= 0.3 is 6.18 Å². The highest BCUT2D eigenvalue weighted by molar-refractivity contribution is 7.89. The smallest absolute Gasteiger partial charge is 0.387 e. The van der Waals surface area contributed by atoms with Gasteiger partial charge in [0.2, 0.25) is 10.0 Å². The summed E-state index contributed by atoms with van der Waals surface area (Å²) in [6, 6.07) is 9.39. The fourth-order valence-corrected chi connectivity index (χ4v) is 3.26. The van der Waals surface area contributed by atoms with Crippen molar-refractivity contribution in [3.8, 4) is 0 Å². The van der Waals surface area contributed by atoms with E-state index in [4.69, 9.17) is 11.6 Å². The molecule has 2 rings (SSSR count). The normalized spacial score (nSPS) is 13.7. The van der Waals surface area contributed by atoms with Gasteiger partial charge in [-0.3, -0.25) is 0 Å². The number of aliphatic hydroxyl groups is 1. The van der Waals surface area contributed by atoms with E-state index in [1.54, 1.807) is 0 Å². The Balaban J connectivity index is 2.06. The van der Waals surface area contributed by atoms with Crippen LogP contribution in [0.2, 0.25) is 5.02 Å². The number of rotatable bonds is 5. The first-order valence-corrected chi connectivity index (χ1v) is 8.56. The summed E-state index contributed by atoms with van der Waals surface area (Å²) in [5.41, 5.74) is -0.685. The largest absolute Gasteiger partial charge is 0.416 e. The molecule has 0 aromatic heterocycles. The van der Waals surface area contributed by atoms with Crippen LogP contribution in [0.1, 0.15) is 17.2 Å². The van der Waals surface area contributed by atoms with Crippen molar-refractivity contribution < 1.29 is 26.7 Å². The van der Waals surface area contributed by atoms with Crippen LogP contribution in [-0.4, -0.2) is 20.1 Å². The molecule has 0 heterocycles. The second kappa shape index (κ2) is 7.10. The quantitative estimate of drug-likeness (QED) is 0.837. The molecule has 0 aliphatic heterocycles. The minimum Gasteiger partial charge on any atom is -0.387 e. The highest BCUT2D eigenvalue weighted by atomic mass is 35.5. The van der Waals surface area contributed by atoms with Gasteiger partial charge < -0.3 is 5.11 Å². The van der Waals surface area contributed by atoms with E-state index in [-0.39, 0.29) is 22.0 Å². The van der Waals surface area contributed by atoms with Crippen LogP contribution in [0, 0.1) is 0 Å². The Bertz CT molecular complexity index is 807. The minimum absolute atomic E-state index is 0.0744. The molecular formula is C15H13ClF3NO3S. The molecule has 24 heavy (non-hydrogen) atoms. The molecule has 0 saturated carbocycles. The van der Waals surface area contributed by atoms with Crippen LogP contribution in [0.25, 0.3) is 0 Å². The maximum absolute atomic E-state index is 12.5. The number of aliphatic hydroxyl groups excluding tert-OH is 1. The summed E-state index contributed by atoms with van der Waals surface area (Å²) in [6.45, 7) is -0.389. The van der Waals surface area contributed by atoms with Gasteiger partial charge in [0.25, 0.3) is 0 Å². The predicted molar refractivity (Wildman–Crippen MR) is 83.0 cm³/mol. The molecule has 0 aliphatic carbocycles. The van der Waals surface area contributed by atoms with Crippen LogP contribution in [0.5, 0.6) is 0 Å². The van der Waals surface area contributed by atoms with Crippen LogP contribution in [0.3, 0.4) is 0 Å². The molecule has 130 valence electrons. The third-order valence-electron chi connectivity index (χ3n) is 3.20. The molecule has 2 aromatic carbocycles. The van der Waals surface area contributed by atoms with Crippen LogP contribution in [-0.2, 0) is 16.2 Å². The molecule has 0 aliphatic rings. The molecule has 0 bridgehead atoms. The molecule has 0 radical (unpaired) electrons. The Kier molecular flexibility index (Phi) is 5.54. The zero-order valence-electron chi connectivity index (χ0n) is 12.1. The topological polar surface area (TPSA) is 66.4 Å². The van der Waals surface area contributed by atoms with E-state index in [2.05, 4.69) is 4.72 Å². The third kappa shape index (κ3) is 4.70. The van der Waals surface area contributed by atoms with E-state index in [0.717, 1.165) is 24.3 Å². The van der Waals surface area contributed by atoms with Crippen LogP contribution in [0.4, 0.5) is 13.2 Å². The van der Waals surface area contributed by atoms with E-state index in [1.165, 1.54) is 24.3 Å². The number of sulfonamides is 1. The summed E-state index contributed by atoms with van der Waals surface area (Å²) in [5, 5.41) is 10.2. The lowest BCUT2D eigenvalue weighted by atomic mass is 10.1. The summed E-state index contributed by atoms with van der Waals surface area (Å²) >= 11 is 5.73. The lowest BCUT2D eigenvalue weighted by Gasteiger charge is -2.14. The molecule has 0 spiro atoms. The van der Waals surface area contributed by atoms with Gasteiger partial charge in [-0.2, -0.15) is 13.2 Å². The number of hydrogen-bond donors (Lipinski definition) is 2. The first-order valence-electron chi connectivity index (χ1n) is 6.70. The van der Waals surface area contributed by atoms with Gasteiger partial charge in [0.15, 0.2) is 0 Å². The maximum atomic E-state index is 12.5. The summed E-state index contributed by atoms with van der Waals surface area (Å²) in [7, 11) is -3.89. The molecular weight excluding hydrogens is 367 g/mol. The number of halogens is 4. The Hall–Kier alpha value is -1.61. The molecule has 2 N–H and O–H groups in total. The molecule has 9 heteroatoms. The maximum Gasteiger partial charge on any atom is 0.416 e. The highest BCUT2D eigenvalue weighted by Gasteiger charge is 2.30. The Morgan fingerprint density at radius 2 is 1.75 bits per heavy atom. The van der Waals surface area contributed by atoms with Crippen molar-refractivity contribution in [2.75, 3.05) is 6.54 Å². The molecule has 1 unspecified atom stereocenters. The minimum atomic E-state index is -4.47. The Labute approximate surface area is 141 Å². The van der Waals surface area contributed by atoms with Crippen molar-refractivity contribution in [1.82, 2.24) is 4.72 Å². The van der Waals surface area contributed by atoms with Gasteiger partial charge in [0.1, 0.15) is 0 Å². The monoisotopic (exact) mass is 379 g/mol. The first-order chi connectivity index (χ1) is 11.1. The Morgan fingerprint density at radius 1 is 1.12 bits per heavy atom. The molecule has 4 nitrogen and oxygen atoms in total. The van der Waals surface area contributed by atoms with Gasteiger partial charge in [-0.1, -0.05) is 29.8 Å². The van der Waals surface area contributed by atoms with Crippen molar-refractivity contribution in [3.05, 3.63) is 64.7 Å². The molecule has 1 atom stereocenters. The number of nitrogens with one attached hydrogen (secondary N) is 1. The lowest BCUT2D eigenvalue weighted by Crippen LogP contribution is -2.28. The van der Waals surface area contributed by atoms with Gasteiger partial charge in [-0.25, -0.2) is 13.1 Å². The number of benzene rings is 2. The van der Waals surface area contributed by atoms with Gasteiger partial charge in [0, 0.05) is 11.6 Å². The molecule has 0 amide bonds. The average molecular weight is 380 g/mol. The van der Waals surface area contributed by atoms with E-state index < -0.39 is 27.9 Å². The summed E-state index contributed by atoms with van der Waals surface area (Å²) in [6.07, 6.45) is -5.77. The number of alkyl halides is 3. The summed E-state index contributed by atoms with van der Waals surface area (Å²) < 4.78 is 63.8. The second-order valence-electron chi connectivity index (χ2n) is 4.94. The van der Waals surface area contributed by atoms with Gasteiger partial charge in [-0.15, -0.1) is 0 Å². The molecule has 0 fully saturated rings. The summed E-state index contributed by atoms with van der Waals surface area (Å²) in [5.74, 6) is 0. The summed E-state index contributed by atoms with van der Waals surface area (Å²) in [4.78, 5) is -0.0744. The van der Waals surface area contributed by atoms with E-state index in [9.17, 15) is 26.7 Å². The van der Waals surface area contributed by atoms with Crippen LogP contribution >= 0.6 is 11.6 Å². The second-order valence-corrected chi connectivity index (χ2v) is 7.15. The highest BCUT2D eigenvalue weighted by Crippen LogP contribution is 2.29. The first kappa shape index (κ1) is 18.7. The zero-order chi connectivity index (χ0) is 18.0. The number of hydrogen-bond acceptors (Lipinski definition) is 3. The predicted octanol–water partition coefficient (Wildman–Crippen LogP) is 3.37. The van der Waals surface area contributed by atoms with Gasteiger partial charge in [-0.05, 0) is 35.9 Å². The van der Waals surface area contributed by atoms with E-state index >= 15 is 0 Å². The molecule has 2 aromatic rings. The van der Waals surface area contributed by atoms with Crippen molar-refractivity contribution in [2.45, 2.75) is 17.2 Å². The lowest BCUT2D eigenvalue weighted by molar-refractivity contribution is -0.137. The van der Waals surface area contributed by atoms with Crippen molar-refractivity contribution in [3.63, 3.8) is 0 Å². The van der Waals surface area contributed by atoms with Crippen molar-refractivity contribution in [2.24, 2.45) is 0 Å². The van der Waals surface area contributed by atoms with Crippen LogP contribution in [0.15, 0.2) is 53.4 Å². The zero-order valence-corrected chi connectivity index (χ0v) is 13.7. The van der Waals surface area contributed by atoms with Gasteiger partial charge in [0.05, 0.1) is 16.6 Å². The third-order valence-corrected chi connectivity index (χ3v) is 4.85. The standard InChI is InChI=1S/C15H13ClF3NO3S/c16-12-2-1-3-13(8-12)24(22,23)20-9-14(21)10-4-6-11(7-5-10)15(17,18)19/h1-8,14,20-21H,9H2.